The number of Topliss-reactive ketones (excluding diaryl/α,β-unsaturated/α-hetero) is 5. The molecule has 9 aromatic rings. The number of carbonyl (C=O) groups is 5. The van der Waals surface area contributed by atoms with Crippen molar-refractivity contribution in [3.05, 3.63) is 136 Å². The quantitative estimate of drug-likeness (QED) is 0.133. The van der Waals surface area contributed by atoms with Gasteiger partial charge in [0.25, 0.3) is 0 Å². The number of aromatic nitrogens is 3. The number of methoxy groups -OCH3 is 1. The Morgan fingerprint density at radius 2 is 0.809 bits per heavy atom. The van der Waals surface area contributed by atoms with Crippen LogP contribution in [0, 0.1) is 0 Å². The number of aryl methyl sites for hydroxylation is 6. The number of hydrogen-bond donors (Lipinski definition) is 0. The Balaban J connectivity index is 0.000000119. The van der Waals surface area contributed by atoms with Gasteiger partial charge in [-0.1, -0.05) is 20.8 Å². The third-order valence-corrected chi connectivity index (χ3v) is 14.5. The number of rotatable bonds is 9. The number of benzene rings is 6. The van der Waals surface area contributed by atoms with E-state index in [0.29, 0.717) is 19.3 Å². The third kappa shape index (κ3) is 7.25. The Morgan fingerprint density at radius 3 is 1.18 bits per heavy atom. The van der Waals surface area contributed by atoms with Gasteiger partial charge in [-0.15, -0.1) is 0 Å². The fraction of sp³-hybridized carbons (Fsp3) is 0.305. The van der Waals surface area contributed by atoms with Crippen LogP contribution in [0.1, 0.15) is 142 Å². The summed E-state index contributed by atoms with van der Waals surface area (Å²) in [4.78, 5) is 59.8. The van der Waals surface area contributed by atoms with Crippen LogP contribution in [-0.2, 0) is 38.9 Å². The topological polar surface area (TPSA) is 109 Å². The average Bonchev–Trinajstić information content (AvgIpc) is 4.20. The minimum Gasteiger partial charge on any atom is -0.497 e. The summed E-state index contributed by atoms with van der Waals surface area (Å²) in [6, 6.07) is 30.3. The van der Waals surface area contributed by atoms with E-state index in [-0.39, 0.29) is 28.9 Å². The van der Waals surface area contributed by atoms with Crippen LogP contribution >= 0.6 is 0 Å². The minimum atomic E-state index is 0.0759. The molecule has 0 N–H and O–H groups in total. The van der Waals surface area contributed by atoms with E-state index in [1.165, 1.54) is 49.2 Å². The first kappa shape index (κ1) is 44.7. The number of ether oxygens (including phenoxy) is 1. The van der Waals surface area contributed by atoms with Gasteiger partial charge < -0.3 is 18.4 Å². The van der Waals surface area contributed by atoms with Crippen molar-refractivity contribution in [2.75, 3.05) is 7.11 Å². The minimum absolute atomic E-state index is 0.0759. The van der Waals surface area contributed by atoms with Crippen molar-refractivity contribution >= 4 is 94.3 Å². The summed E-state index contributed by atoms with van der Waals surface area (Å²) in [5.41, 5.74) is 14.7. The molecule has 344 valence electrons. The molecule has 0 bridgehead atoms. The fourth-order valence-corrected chi connectivity index (χ4v) is 11.4. The zero-order chi connectivity index (χ0) is 47.5. The van der Waals surface area contributed by atoms with Crippen LogP contribution in [0.15, 0.2) is 91.0 Å². The molecule has 0 atom stereocenters. The Morgan fingerprint density at radius 1 is 0.441 bits per heavy atom. The highest BCUT2D eigenvalue weighted by Crippen LogP contribution is 2.41. The Bertz CT molecular complexity index is 3450. The van der Waals surface area contributed by atoms with Crippen molar-refractivity contribution in [1.82, 2.24) is 13.7 Å². The van der Waals surface area contributed by atoms with Gasteiger partial charge in [-0.3, -0.25) is 24.0 Å². The Labute approximate surface area is 395 Å². The standard InChI is InChI=1S/2C20H19NO2.C19H19NO2/c2*1-3-10-21-17-7-4-13(12(2)22)11-16(17)20-15-6-9-19(23)14(15)5-8-18(20)21;1-3-10-20-16-8-6-13-14(7-9-18(13)21)19(16)15-5-4-12(22-2)11-17(15)20/h2*4-5,7-8,11H,3,6,9-10H2,1-2H3;4-6,8,11H,3,7,9-10H2,1-2H3. The lowest BCUT2D eigenvalue weighted by molar-refractivity contribution is 0.0986. The summed E-state index contributed by atoms with van der Waals surface area (Å²) in [6.07, 6.45) is 7.48. The van der Waals surface area contributed by atoms with Crippen molar-refractivity contribution in [3.8, 4) is 5.75 Å². The number of hydrogen-bond acceptors (Lipinski definition) is 6. The van der Waals surface area contributed by atoms with E-state index in [0.717, 1.165) is 125 Å². The smallest absolute Gasteiger partial charge is 0.163 e. The van der Waals surface area contributed by atoms with Crippen LogP contribution in [0.4, 0.5) is 0 Å². The second kappa shape index (κ2) is 17.8. The molecule has 0 saturated carbocycles. The highest BCUT2D eigenvalue weighted by molar-refractivity contribution is 6.18. The number of fused-ring (bicyclic) bond motifs is 15. The zero-order valence-corrected chi connectivity index (χ0v) is 39.9. The predicted molar refractivity (Wildman–Crippen MR) is 274 cm³/mol. The first-order valence-electron chi connectivity index (χ1n) is 24.4. The van der Waals surface area contributed by atoms with Gasteiger partial charge >= 0.3 is 0 Å². The van der Waals surface area contributed by atoms with Crippen molar-refractivity contribution in [3.63, 3.8) is 0 Å². The lowest BCUT2D eigenvalue weighted by Gasteiger charge is -2.06. The first-order chi connectivity index (χ1) is 33.0. The van der Waals surface area contributed by atoms with Gasteiger partial charge in [-0.25, -0.2) is 0 Å². The molecular weight excluding hydrogens is 847 g/mol. The van der Waals surface area contributed by atoms with E-state index >= 15 is 0 Å². The highest BCUT2D eigenvalue weighted by Gasteiger charge is 2.28. The second-order valence-corrected chi connectivity index (χ2v) is 18.6. The van der Waals surface area contributed by atoms with Crippen LogP contribution in [0.2, 0.25) is 0 Å². The van der Waals surface area contributed by atoms with Crippen LogP contribution in [-0.4, -0.2) is 49.7 Å². The van der Waals surface area contributed by atoms with Gasteiger partial charge in [0.15, 0.2) is 28.9 Å². The van der Waals surface area contributed by atoms with Crippen molar-refractivity contribution in [2.24, 2.45) is 0 Å². The second-order valence-electron chi connectivity index (χ2n) is 18.6. The van der Waals surface area contributed by atoms with E-state index in [9.17, 15) is 24.0 Å². The lowest BCUT2D eigenvalue weighted by Crippen LogP contribution is -1.97. The predicted octanol–water partition coefficient (Wildman–Crippen LogP) is 13.4. The summed E-state index contributed by atoms with van der Waals surface area (Å²) in [5, 5.41) is 7.03. The molecular formula is C59H57N3O6. The van der Waals surface area contributed by atoms with Crippen LogP contribution in [0.25, 0.3) is 65.4 Å². The number of nitrogens with zero attached hydrogens (tertiary/aromatic N) is 3. The molecule has 6 aromatic carbocycles. The molecule has 0 saturated heterocycles. The SMILES string of the molecule is CCCn1c2cc(OC)ccc2c2c3c(ccc21)C(=O)CC3.CCCn1c2ccc(C(C)=O)cc2c2c3c(ccc21)C(=O)CC3.CCCn1c2ccc(C(C)=O)cc2c2c3c(ccc21)C(=O)CC3. The van der Waals surface area contributed by atoms with Crippen molar-refractivity contribution < 1.29 is 28.7 Å². The Kier molecular flexibility index (Phi) is 11.7. The summed E-state index contributed by atoms with van der Waals surface area (Å²) in [6.45, 7) is 12.6. The first-order valence-corrected chi connectivity index (χ1v) is 24.4. The van der Waals surface area contributed by atoms with Gasteiger partial charge in [0.05, 0.1) is 12.6 Å². The normalized spacial score (nSPS) is 13.9. The van der Waals surface area contributed by atoms with Crippen LogP contribution in [0.3, 0.4) is 0 Å². The molecule has 3 aromatic heterocycles. The maximum Gasteiger partial charge on any atom is 0.163 e. The maximum absolute atomic E-state index is 12.1. The van der Waals surface area contributed by atoms with Crippen molar-refractivity contribution in [1.29, 1.82) is 0 Å². The Hall–Kier alpha value is -7.13. The molecule has 9 nitrogen and oxygen atoms in total. The van der Waals surface area contributed by atoms with Crippen LogP contribution < -0.4 is 4.74 Å². The highest BCUT2D eigenvalue weighted by atomic mass is 16.5. The molecule has 0 spiro atoms. The van der Waals surface area contributed by atoms with E-state index in [4.69, 9.17) is 4.74 Å². The van der Waals surface area contributed by atoms with Gasteiger partial charge in [-0.05, 0) is 154 Å². The van der Waals surface area contributed by atoms with Gasteiger partial charge in [-0.2, -0.15) is 0 Å². The molecule has 0 aliphatic heterocycles. The molecule has 0 amide bonds. The van der Waals surface area contributed by atoms with E-state index in [2.05, 4.69) is 64.8 Å². The van der Waals surface area contributed by atoms with Crippen LogP contribution in [0.5, 0.6) is 5.75 Å². The van der Waals surface area contributed by atoms with Gasteiger partial charge in [0, 0.05) is 133 Å². The summed E-state index contributed by atoms with van der Waals surface area (Å²) >= 11 is 0. The molecule has 68 heavy (non-hydrogen) atoms. The van der Waals surface area contributed by atoms with E-state index in [1.54, 1.807) is 21.0 Å². The average molecular weight is 904 g/mol. The molecule has 12 rings (SSSR count). The summed E-state index contributed by atoms with van der Waals surface area (Å²) in [5.74, 6) is 1.78. The van der Waals surface area contributed by atoms with Gasteiger partial charge in [0.2, 0.25) is 0 Å². The van der Waals surface area contributed by atoms with Crippen molar-refractivity contribution in [2.45, 2.75) is 112 Å². The molecule has 3 heterocycles. The molecule has 3 aliphatic carbocycles. The summed E-state index contributed by atoms with van der Waals surface area (Å²) in [7, 11) is 1.70. The molecule has 0 fully saturated rings. The van der Waals surface area contributed by atoms with E-state index < -0.39 is 0 Å². The molecule has 3 aliphatic rings. The third-order valence-electron chi connectivity index (χ3n) is 14.5. The number of carbonyl (C=O) groups excluding carboxylic acids is 5. The molecule has 0 unspecified atom stereocenters. The summed E-state index contributed by atoms with van der Waals surface area (Å²) < 4.78 is 12.4. The van der Waals surface area contributed by atoms with E-state index in [1.807, 2.05) is 60.7 Å². The zero-order valence-electron chi connectivity index (χ0n) is 39.9. The molecule has 9 heteroatoms. The molecule has 0 radical (unpaired) electrons. The monoisotopic (exact) mass is 903 g/mol. The fourth-order valence-electron chi connectivity index (χ4n) is 11.4. The van der Waals surface area contributed by atoms with Gasteiger partial charge in [0.1, 0.15) is 5.75 Å². The number of ketones is 5. The lowest BCUT2D eigenvalue weighted by atomic mass is 10.0. The maximum atomic E-state index is 12.1. The largest absolute Gasteiger partial charge is 0.497 e.